The lowest BCUT2D eigenvalue weighted by molar-refractivity contribution is 0.585. The monoisotopic (exact) mass is 232 g/mol. The van der Waals surface area contributed by atoms with E-state index in [0.717, 1.165) is 10.7 Å². The van der Waals surface area contributed by atoms with Gasteiger partial charge < -0.3 is 5.32 Å². The molecule has 1 N–H and O–H groups in total. The van der Waals surface area contributed by atoms with Crippen LogP contribution in [0, 0.1) is 18.3 Å². The molecule has 0 radical (unpaired) electrons. The van der Waals surface area contributed by atoms with Gasteiger partial charge in [0.2, 0.25) is 0 Å². The summed E-state index contributed by atoms with van der Waals surface area (Å²) < 4.78 is 0. The van der Waals surface area contributed by atoms with E-state index in [9.17, 15) is 0 Å². The molecule has 1 aromatic rings. The molecule has 0 saturated heterocycles. The lowest BCUT2D eigenvalue weighted by atomic mass is 9.92. The average Bonchev–Trinajstić information content (AvgIpc) is 2.27. The van der Waals surface area contributed by atoms with Crippen molar-refractivity contribution >= 4 is 17.2 Å². The molecule has 1 unspecified atom stereocenters. The van der Waals surface area contributed by atoms with Crippen molar-refractivity contribution in [1.82, 2.24) is 10.3 Å². The highest BCUT2D eigenvalue weighted by Crippen LogP contribution is 2.23. The zero-order valence-electron chi connectivity index (χ0n) is 9.60. The van der Waals surface area contributed by atoms with Gasteiger partial charge in [-0.25, -0.2) is 0 Å². The SMILES string of the molecule is C#CCNC(=S)C(c1ccccn1)C(C)C. The second-order valence-electron chi connectivity index (χ2n) is 3.90. The van der Waals surface area contributed by atoms with E-state index in [1.165, 1.54) is 0 Å². The molecular formula is C13H16N2S. The molecule has 0 fully saturated rings. The lowest BCUT2D eigenvalue weighted by Crippen LogP contribution is -2.31. The van der Waals surface area contributed by atoms with Crippen LogP contribution >= 0.6 is 12.2 Å². The van der Waals surface area contributed by atoms with Crippen LogP contribution in [0.15, 0.2) is 24.4 Å². The molecule has 0 aromatic carbocycles. The molecule has 16 heavy (non-hydrogen) atoms. The van der Waals surface area contributed by atoms with Crippen molar-refractivity contribution in [2.75, 3.05) is 6.54 Å². The van der Waals surface area contributed by atoms with Gasteiger partial charge in [0.1, 0.15) is 0 Å². The molecule has 0 bridgehead atoms. The summed E-state index contributed by atoms with van der Waals surface area (Å²) in [5.41, 5.74) is 0.993. The van der Waals surface area contributed by atoms with Crippen LogP contribution in [0.25, 0.3) is 0 Å². The Hall–Kier alpha value is -1.40. The number of nitrogens with one attached hydrogen (secondary N) is 1. The van der Waals surface area contributed by atoms with Crippen LogP contribution in [-0.4, -0.2) is 16.5 Å². The zero-order valence-corrected chi connectivity index (χ0v) is 10.4. The number of aromatic nitrogens is 1. The summed E-state index contributed by atoms with van der Waals surface area (Å²) >= 11 is 5.35. The predicted molar refractivity (Wildman–Crippen MR) is 71.2 cm³/mol. The summed E-state index contributed by atoms with van der Waals surface area (Å²) in [6.07, 6.45) is 6.99. The summed E-state index contributed by atoms with van der Waals surface area (Å²) in [6.45, 7) is 4.72. The molecule has 0 spiro atoms. The van der Waals surface area contributed by atoms with E-state index in [1.807, 2.05) is 18.2 Å². The van der Waals surface area contributed by atoms with Crippen molar-refractivity contribution in [1.29, 1.82) is 0 Å². The van der Waals surface area contributed by atoms with E-state index in [2.05, 4.69) is 30.1 Å². The average molecular weight is 232 g/mol. The Balaban J connectivity index is 2.84. The highest BCUT2D eigenvalue weighted by Gasteiger charge is 2.21. The second kappa shape index (κ2) is 6.24. The maximum absolute atomic E-state index is 5.35. The summed E-state index contributed by atoms with van der Waals surface area (Å²) in [5.74, 6) is 3.05. The smallest absolute Gasteiger partial charge is 0.0855 e. The normalized spacial score (nSPS) is 11.9. The van der Waals surface area contributed by atoms with E-state index in [0.29, 0.717) is 12.5 Å². The van der Waals surface area contributed by atoms with E-state index in [-0.39, 0.29) is 5.92 Å². The molecule has 1 rings (SSSR count). The number of terminal acetylenes is 1. The molecule has 1 aromatic heterocycles. The van der Waals surface area contributed by atoms with Crippen LogP contribution in [0.2, 0.25) is 0 Å². The van der Waals surface area contributed by atoms with Crippen LogP contribution in [0.5, 0.6) is 0 Å². The minimum Gasteiger partial charge on any atom is -0.368 e. The quantitative estimate of drug-likeness (QED) is 0.637. The van der Waals surface area contributed by atoms with E-state index < -0.39 is 0 Å². The summed E-state index contributed by atoms with van der Waals surface area (Å²) in [7, 11) is 0. The molecule has 0 aliphatic carbocycles. The van der Waals surface area contributed by atoms with Crippen LogP contribution in [0.4, 0.5) is 0 Å². The fraction of sp³-hybridized carbons (Fsp3) is 0.385. The number of hydrogen-bond acceptors (Lipinski definition) is 2. The number of thiocarbonyl (C=S) groups is 1. The van der Waals surface area contributed by atoms with Gasteiger partial charge in [-0.3, -0.25) is 4.98 Å². The van der Waals surface area contributed by atoms with Gasteiger partial charge in [-0.15, -0.1) is 6.42 Å². The molecule has 1 heterocycles. The number of pyridine rings is 1. The Morgan fingerprint density at radius 2 is 2.31 bits per heavy atom. The highest BCUT2D eigenvalue weighted by molar-refractivity contribution is 7.80. The Kier molecular flexibility index (Phi) is 4.94. The maximum Gasteiger partial charge on any atom is 0.0855 e. The van der Waals surface area contributed by atoms with Crippen LogP contribution in [0.3, 0.4) is 0 Å². The van der Waals surface area contributed by atoms with Crippen molar-refractivity contribution in [3.8, 4) is 12.3 Å². The van der Waals surface area contributed by atoms with Gasteiger partial charge in [0.15, 0.2) is 0 Å². The van der Waals surface area contributed by atoms with Crippen molar-refractivity contribution in [2.45, 2.75) is 19.8 Å². The van der Waals surface area contributed by atoms with Crippen molar-refractivity contribution < 1.29 is 0 Å². The molecular weight excluding hydrogens is 216 g/mol. The van der Waals surface area contributed by atoms with Crippen LogP contribution < -0.4 is 5.32 Å². The summed E-state index contributed by atoms with van der Waals surface area (Å²) in [4.78, 5) is 5.12. The first kappa shape index (κ1) is 12.7. The molecule has 2 nitrogen and oxygen atoms in total. The molecule has 1 atom stereocenters. The van der Waals surface area contributed by atoms with Gasteiger partial charge in [-0.05, 0) is 18.1 Å². The maximum atomic E-state index is 5.35. The van der Waals surface area contributed by atoms with Crippen molar-refractivity contribution in [3.63, 3.8) is 0 Å². The van der Waals surface area contributed by atoms with Gasteiger partial charge in [-0.2, -0.15) is 0 Å². The van der Waals surface area contributed by atoms with E-state index in [1.54, 1.807) is 6.20 Å². The number of hydrogen-bond donors (Lipinski definition) is 1. The molecule has 3 heteroatoms. The molecule has 84 valence electrons. The third-order valence-corrected chi connectivity index (χ3v) is 2.72. The first-order valence-electron chi connectivity index (χ1n) is 5.29. The fourth-order valence-electron chi connectivity index (χ4n) is 1.59. The molecule has 0 aliphatic heterocycles. The zero-order chi connectivity index (χ0) is 12.0. The number of nitrogens with zero attached hydrogens (tertiary/aromatic N) is 1. The first-order valence-corrected chi connectivity index (χ1v) is 5.69. The minimum absolute atomic E-state index is 0.129. The Morgan fingerprint density at radius 3 is 2.81 bits per heavy atom. The van der Waals surface area contributed by atoms with E-state index in [4.69, 9.17) is 18.6 Å². The second-order valence-corrected chi connectivity index (χ2v) is 4.34. The van der Waals surface area contributed by atoms with Crippen molar-refractivity contribution in [3.05, 3.63) is 30.1 Å². The molecule has 0 saturated carbocycles. The Labute approximate surface area is 102 Å². The molecule has 0 amide bonds. The molecule has 0 aliphatic rings. The summed E-state index contributed by atoms with van der Waals surface area (Å²) in [5, 5.41) is 3.07. The van der Waals surface area contributed by atoms with Gasteiger partial charge >= 0.3 is 0 Å². The van der Waals surface area contributed by atoms with Gasteiger partial charge in [-0.1, -0.05) is 38.1 Å². The predicted octanol–water partition coefficient (Wildman–Crippen LogP) is 2.37. The Morgan fingerprint density at radius 1 is 1.56 bits per heavy atom. The van der Waals surface area contributed by atoms with E-state index >= 15 is 0 Å². The third-order valence-electron chi connectivity index (χ3n) is 2.32. The highest BCUT2D eigenvalue weighted by atomic mass is 32.1. The van der Waals surface area contributed by atoms with Crippen molar-refractivity contribution in [2.24, 2.45) is 5.92 Å². The van der Waals surface area contributed by atoms with Gasteiger partial charge in [0, 0.05) is 6.20 Å². The van der Waals surface area contributed by atoms with Gasteiger partial charge in [0.05, 0.1) is 23.1 Å². The standard InChI is InChI=1S/C13H16N2S/c1-4-8-15-13(16)12(10(2)3)11-7-5-6-9-14-11/h1,5-7,9-10,12H,8H2,2-3H3,(H,15,16). The van der Waals surface area contributed by atoms with Gasteiger partial charge in [0.25, 0.3) is 0 Å². The fourth-order valence-corrected chi connectivity index (χ4v) is 2.05. The number of rotatable bonds is 4. The topological polar surface area (TPSA) is 24.9 Å². The van der Waals surface area contributed by atoms with Crippen LogP contribution in [0.1, 0.15) is 25.5 Å². The summed E-state index contributed by atoms with van der Waals surface area (Å²) in [6, 6.07) is 5.87. The third kappa shape index (κ3) is 3.32. The lowest BCUT2D eigenvalue weighted by Gasteiger charge is -2.21. The largest absolute Gasteiger partial charge is 0.368 e. The minimum atomic E-state index is 0.129. The Bertz CT molecular complexity index is 379. The van der Waals surface area contributed by atoms with Crippen LogP contribution in [-0.2, 0) is 0 Å². The first-order chi connectivity index (χ1) is 7.66.